The molecule has 0 aromatic carbocycles. The summed E-state index contributed by atoms with van der Waals surface area (Å²) in [6.45, 7) is 8.22. The maximum Gasteiger partial charge on any atom is 0.215 e. The lowest BCUT2D eigenvalue weighted by atomic mass is 9.89. The molecule has 1 aromatic heterocycles. The van der Waals surface area contributed by atoms with Crippen LogP contribution in [0.3, 0.4) is 0 Å². The molecule has 1 unspecified atom stereocenters. The Morgan fingerprint density at radius 1 is 1.50 bits per heavy atom. The van der Waals surface area contributed by atoms with E-state index in [1.807, 2.05) is 17.9 Å². The molecule has 1 N–H and O–H groups in total. The highest BCUT2D eigenvalue weighted by atomic mass is 16.5. The van der Waals surface area contributed by atoms with Gasteiger partial charge in [-0.3, -0.25) is 0 Å². The van der Waals surface area contributed by atoms with Gasteiger partial charge in [0.1, 0.15) is 6.61 Å². The number of likely N-dealkylation sites (N-methyl/N-ethyl adjacent to an activating group) is 1. The van der Waals surface area contributed by atoms with E-state index in [4.69, 9.17) is 4.74 Å². The fraction of sp³-hybridized carbons (Fsp3) is 0.750. The molecule has 0 radical (unpaired) electrons. The summed E-state index contributed by atoms with van der Waals surface area (Å²) in [5.74, 6) is 0.949. The molecule has 4 nitrogen and oxygen atoms in total. The molecule has 2 heterocycles. The molecule has 0 fully saturated rings. The number of aromatic nitrogens is 2. The van der Waals surface area contributed by atoms with E-state index in [0.29, 0.717) is 6.04 Å². The summed E-state index contributed by atoms with van der Waals surface area (Å²) in [5.41, 5.74) is 1.29. The Labute approximate surface area is 97.0 Å². The standard InChI is InChI=1S/C12H21N3O/c1-12(2,3)10-7-14-15-6-5-9(13-4)8-16-11(10)15/h7,9,13H,5-6,8H2,1-4H3. The zero-order valence-corrected chi connectivity index (χ0v) is 10.6. The molecule has 0 spiro atoms. The van der Waals surface area contributed by atoms with E-state index in [1.165, 1.54) is 5.56 Å². The lowest BCUT2D eigenvalue weighted by Crippen LogP contribution is -2.31. The van der Waals surface area contributed by atoms with Crippen molar-refractivity contribution >= 4 is 0 Å². The van der Waals surface area contributed by atoms with E-state index >= 15 is 0 Å². The van der Waals surface area contributed by atoms with Crippen molar-refractivity contribution < 1.29 is 4.74 Å². The first-order valence-corrected chi connectivity index (χ1v) is 5.88. The maximum absolute atomic E-state index is 5.89. The van der Waals surface area contributed by atoms with E-state index in [2.05, 4.69) is 31.2 Å². The zero-order chi connectivity index (χ0) is 11.8. The third kappa shape index (κ3) is 2.07. The molecule has 16 heavy (non-hydrogen) atoms. The first-order valence-electron chi connectivity index (χ1n) is 5.88. The normalized spacial score (nSPS) is 21.1. The Bertz CT molecular complexity index is 365. The van der Waals surface area contributed by atoms with Gasteiger partial charge >= 0.3 is 0 Å². The Morgan fingerprint density at radius 3 is 2.88 bits per heavy atom. The molecule has 1 aliphatic rings. The molecular formula is C12H21N3O. The summed E-state index contributed by atoms with van der Waals surface area (Å²) in [6, 6.07) is 0.425. The highest BCUT2D eigenvalue weighted by molar-refractivity contribution is 5.31. The minimum absolute atomic E-state index is 0.0903. The second kappa shape index (κ2) is 4.09. The topological polar surface area (TPSA) is 39.1 Å². The van der Waals surface area contributed by atoms with Crippen LogP contribution in [-0.2, 0) is 12.0 Å². The fourth-order valence-electron chi connectivity index (χ4n) is 1.97. The molecule has 4 heteroatoms. The number of fused-ring (bicyclic) bond motifs is 1. The van der Waals surface area contributed by atoms with E-state index in [-0.39, 0.29) is 5.41 Å². The van der Waals surface area contributed by atoms with E-state index in [9.17, 15) is 0 Å². The second-order valence-electron chi connectivity index (χ2n) is 5.42. The SMILES string of the molecule is CNC1CCn2ncc(C(C)(C)C)c2OC1. The largest absolute Gasteiger partial charge is 0.476 e. The van der Waals surface area contributed by atoms with Crippen molar-refractivity contribution in [2.24, 2.45) is 0 Å². The third-order valence-corrected chi connectivity index (χ3v) is 3.12. The lowest BCUT2D eigenvalue weighted by Gasteiger charge is -2.19. The molecule has 0 amide bonds. The second-order valence-corrected chi connectivity index (χ2v) is 5.42. The third-order valence-electron chi connectivity index (χ3n) is 3.12. The number of ether oxygens (including phenoxy) is 1. The van der Waals surface area contributed by atoms with Gasteiger partial charge in [0, 0.05) is 18.2 Å². The molecule has 0 saturated heterocycles. The van der Waals surface area contributed by atoms with Crippen LogP contribution in [0.2, 0.25) is 0 Å². The quantitative estimate of drug-likeness (QED) is 0.785. The van der Waals surface area contributed by atoms with Crippen molar-refractivity contribution in [3.05, 3.63) is 11.8 Å². The van der Waals surface area contributed by atoms with Gasteiger partial charge in [0.2, 0.25) is 5.88 Å². The summed E-state index contributed by atoms with van der Waals surface area (Å²) < 4.78 is 7.87. The summed E-state index contributed by atoms with van der Waals surface area (Å²) in [4.78, 5) is 0. The number of nitrogens with zero attached hydrogens (tertiary/aromatic N) is 2. The van der Waals surface area contributed by atoms with Crippen LogP contribution in [0, 0.1) is 0 Å². The molecular weight excluding hydrogens is 202 g/mol. The van der Waals surface area contributed by atoms with Gasteiger partial charge < -0.3 is 10.1 Å². The maximum atomic E-state index is 5.89. The number of rotatable bonds is 1. The monoisotopic (exact) mass is 223 g/mol. The van der Waals surface area contributed by atoms with Gasteiger partial charge in [-0.15, -0.1) is 0 Å². The summed E-state index contributed by atoms with van der Waals surface area (Å²) >= 11 is 0. The molecule has 1 aliphatic heterocycles. The highest BCUT2D eigenvalue weighted by Gasteiger charge is 2.26. The van der Waals surface area contributed by atoms with Gasteiger partial charge in [-0.05, 0) is 18.9 Å². The molecule has 1 aromatic rings. The van der Waals surface area contributed by atoms with Gasteiger partial charge in [-0.2, -0.15) is 5.10 Å². The highest BCUT2D eigenvalue weighted by Crippen LogP contribution is 2.32. The van der Waals surface area contributed by atoms with Crippen LogP contribution in [0.15, 0.2) is 6.20 Å². The van der Waals surface area contributed by atoms with Gasteiger partial charge in [-0.1, -0.05) is 20.8 Å². The van der Waals surface area contributed by atoms with E-state index in [1.54, 1.807) is 0 Å². The number of hydrogen-bond acceptors (Lipinski definition) is 3. The Morgan fingerprint density at radius 2 is 2.25 bits per heavy atom. The van der Waals surface area contributed by atoms with Crippen molar-refractivity contribution in [3.8, 4) is 5.88 Å². The van der Waals surface area contributed by atoms with Crippen molar-refractivity contribution in [2.45, 2.75) is 45.2 Å². The summed E-state index contributed by atoms with van der Waals surface area (Å²) in [5, 5.41) is 7.68. The Hall–Kier alpha value is -1.03. The van der Waals surface area contributed by atoms with E-state index in [0.717, 1.165) is 25.5 Å². The van der Waals surface area contributed by atoms with Crippen LogP contribution in [0.5, 0.6) is 5.88 Å². The van der Waals surface area contributed by atoms with Gasteiger partial charge in [0.15, 0.2) is 0 Å². The Balaban J connectivity index is 2.27. The molecule has 0 aliphatic carbocycles. The van der Waals surface area contributed by atoms with Crippen LogP contribution in [0.4, 0.5) is 0 Å². The Kier molecular flexibility index (Phi) is 2.93. The van der Waals surface area contributed by atoms with E-state index < -0.39 is 0 Å². The first-order chi connectivity index (χ1) is 7.52. The summed E-state index contributed by atoms with van der Waals surface area (Å²) in [6.07, 6.45) is 3.00. The molecule has 90 valence electrons. The van der Waals surface area contributed by atoms with Crippen molar-refractivity contribution in [3.63, 3.8) is 0 Å². The van der Waals surface area contributed by atoms with Crippen LogP contribution >= 0.6 is 0 Å². The van der Waals surface area contributed by atoms with Gasteiger partial charge in [0.05, 0.1) is 6.20 Å². The molecule has 0 saturated carbocycles. The number of hydrogen-bond donors (Lipinski definition) is 1. The van der Waals surface area contributed by atoms with Crippen LogP contribution in [0.1, 0.15) is 32.8 Å². The van der Waals surface area contributed by atoms with Crippen molar-refractivity contribution in [1.82, 2.24) is 15.1 Å². The van der Waals surface area contributed by atoms with Crippen molar-refractivity contribution in [2.75, 3.05) is 13.7 Å². The predicted octanol–water partition coefficient (Wildman–Crippen LogP) is 1.55. The van der Waals surface area contributed by atoms with Crippen LogP contribution < -0.4 is 10.1 Å². The van der Waals surface area contributed by atoms with Crippen molar-refractivity contribution in [1.29, 1.82) is 0 Å². The summed E-state index contributed by atoms with van der Waals surface area (Å²) in [7, 11) is 1.98. The molecule has 2 rings (SSSR count). The average Bonchev–Trinajstić information content (AvgIpc) is 2.52. The molecule has 0 bridgehead atoms. The smallest absolute Gasteiger partial charge is 0.215 e. The minimum atomic E-state index is 0.0903. The fourth-order valence-corrected chi connectivity index (χ4v) is 1.97. The minimum Gasteiger partial charge on any atom is -0.476 e. The number of nitrogens with one attached hydrogen (secondary N) is 1. The zero-order valence-electron chi connectivity index (χ0n) is 10.6. The van der Waals surface area contributed by atoms with Gasteiger partial charge in [0.25, 0.3) is 0 Å². The van der Waals surface area contributed by atoms with Crippen LogP contribution in [-0.4, -0.2) is 29.5 Å². The van der Waals surface area contributed by atoms with Gasteiger partial charge in [-0.25, -0.2) is 4.68 Å². The number of aryl methyl sites for hydroxylation is 1. The van der Waals surface area contributed by atoms with Crippen LogP contribution in [0.25, 0.3) is 0 Å². The molecule has 1 atom stereocenters. The predicted molar refractivity (Wildman–Crippen MR) is 63.9 cm³/mol. The first kappa shape index (κ1) is 11.5. The average molecular weight is 223 g/mol. The lowest BCUT2D eigenvalue weighted by molar-refractivity contribution is 0.264.